The van der Waals surface area contributed by atoms with Crippen molar-refractivity contribution in [2.45, 2.75) is 4.90 Å². The van der Waals surface area contributed by atoms with Crippen LogP contribution in [0.4, 0.5) is 14.5 Å². The second kappa shape index (κ2) is 5.18. The van der Waals surface area contributed by atoms with Gasteiger partial charge in [0.2, 0.25) is 0 Å². The van der Waals surface area contributed by atoms with Crippen molar-refractivity contribution in [2.75, 3.05) is 4.72 Å². The summed E-state index contributed by atoms with van der Waals surface area (Å²) in [6.07, 6.45) is 0. The average Bonchev–Trinajstić information content (AvgIpc) is 2.93. The summed E-state index contributed by atoms with van der Waals surface area (Å²) in [7, 11) is -4.12. The Balaban J connectivity index is 2.06. The zero-order chi connectivity index (χ0) is 15.9. The van der Waals surface area contributed by atoms with Crippen LogP contribution in [-0.4, -0.2) is 18.7 Å². The first-order valence-electron chi connectivity index (χ1n) is 5.77. The van der Waals surface area contributed by atoms with Crippen molar-refractivity contribution < 1.29 is 21.8 Å². The van der Waals surface area contributed by atoms with Crippen molar-refractivity contribution >= 4 is 38.3 Å². The summed E-state index contributed by atoms with van der Waals surface area (Å²) in [4.78, 5) is -0.252. The number of rotatable bonds is 3. The van der Waals surface area contributed by atoms with E-state index in [1.165, 1.54) is 12.1 Å². The molecule has 3 rings (SSSR count). The molecule has 1 heterocycles. The molecule has 114 valence electrons. The van der Waals surface area contributed by atoms with Gasteiger partial charge in [0.1, 0.15) is 4.90 Å². The second-order valence-corrected chi connectivity index (χ2v) is 6.30. The normalized spacial score (nSPS) is 11.8. The Morgan fingerprint density at radius 2 is 1.77 bits per heavy atom. The van der Waals surface area contributed by atoms with Crippen molar-refractivity contribution in [1.29, 1.82) is 0 Å². The van der Waals surface area contributed by atoms with Crippen LogP contribution in [0, 0.1) is 11.6 Å². The fourth-order valence-corrected chi connectivity index (χ4v) is 3.17. The molecule has 0 atom stereocenters. The van der Waals surface area contributed by atoms with Gasteiger partial charge < -0.3 is 0 Å². The van der Waals surface area contributed by atoms with Gasteiger partial charge in [0.05, 0.1) is 10.7 Å². The van der Waals surface area contributed by atoms with E-state index in [9.17, 15) is 17.2 Å². The lowest BCUT2D eigenvalue weighted by Gasteiger charge is -2.08. The molecule has 0 aliphatic heterocycles. The Bertz CT molecular complexity index is 975. The maximum absolute atomic E-state index is 13.1. The molecule has 3 aromatic rings. The first-order valence-corrected chi connectivity index (χ1v) is 7.63. The van der Waals surface area contributed by atoms with E-state index >= 15 is 0 Å². The lowest BCUT2D eigenvalue weighted by Crippen LogP contribution is -2.13. The lowest BCUT2D eigenvalue weighted by molar-refractivity contribution is 0.315. The molecule has 0 saturated carbocycles. The number of benzene rings is 2. The van der Waals surface area contributed by atoms with Gasteiger partial charge in [0.25, 0.3) is 10.0 Å². The number of nitrogens with one attached hydrogen (secondary N) is 1. The average molecular weight is 346 g/mol. The van der Waals surface area contributed by atoms with Crippen LogP contribution in [0.25, 0.3) is 11.0 Å². The number of hydrogen-bond donors (Lipinski definition) is 1. The summed E-state index contributed by atoms with van der Waals surface area (Å²) in [6.45, 7) is 0. The molecule has 0 bridgehead atoms. The molecule has 0 aliphatic rings. The van der Waals surface area contributed by atoms with Crippen molar-refractivity contribution in [2.24, 2.45) is 0 Å². The van der Waals surface area contributed by atoms with Crippen LogP contribution < -0.4 is 4.72 Å². The molecule has 0 radical (unpaired) electrons. The van der Waals surface area contributed by atoms with Crippen molar-refractivity contribution in [3.8, 4) is 0 Å². The Labute approximate surface area is 127 Å². The molecule has 0 fully saturated rings. The van der Waals surface area contributed by atoms with E-state index in [0.29, 0.717) is 0 Å². The third kappa shape index (κ3) is 2.48. The highest BCUT2D eigenvalue weighted by molar-refractivity contribution is 7.93. The number of hydrogen-bond acceptors (Lipinski definition) is 5. The van der Waals surface area contributed by atoms with Crippen molar-refractivity contribution in [1.82, 2.24) is 10.3 Å². The summed E-state index contributed by atoms with van der Waals surface area (Å²) >= 11 is 5.85. The van der Waals surface area contributed by atoms with Crippen molar-refractivity contribution in [3.63, 3.8) is 0 Å². The fourth-order valence-electron chi connectivity index (χ4n) is 1.80. The Hall–Kier alpha value is -2.26. The van der Waals surface area contributed by atoms with Crippen LogP contribution in [0.5, 0.6) is 0 Å². The third-order valence-corrected chi connectivity index (χ3v) is 4.51. The molecule has 1 aromatic heterocycles. The van der Waals surface area contributed by atoms with Crippen LogP contribution in [-0.2, 0) is 10.0 Å². The monoisotopic (exact) mass is 345 g/mol. The third-order valence-electron chi connectivity index (χ3n) is 2.79. The number of nitrogens with zero attached hydrogens (tertiary/aromatic N) is 2. The van der Waals surface area contributed by atoms with Gasteiger partial charge in [-0.1, -0.05) is 11.6 Å². The Morgan fingerprint density at radius 1 is 1.05 bits per heavy atom. The highest BCUT2D eigenvalue weighted by atomic mass is 35.5. The van der Waals surface area contributed by atoms with E-state index in [4.69, 9.17) is 11.6 Å². The number of aromatic nitrogens is 2. The number of fused-ring (bicyclic) bond motifs is 1. The van der Waals surface area contributed by atoms with Gasteiger partial charge in [-0.25, -0.2) is 21.8 Å². The standard InChI is InChI=1S/C12H6ClF2N3O3S/c13-7-2-4-10(12-11(7)16-21-17-12)22(19,20)18-6-1-3-8(14)9(15)5-6/h1-5,18H. The zero-order valence-corrected chi connectivity index (χ0v) is 12.1. The van der Waals surface area contributed by atoms with Gasteiger partial charge in [-0.15, -0.1) is 0 Å². The summed E-state index contributed by atoms with van der Waals surface area (Å²) in [5.41, 5.74) is -0.129. The predicted molar refractivity (Wildman–Crippen MR) is 74.0 cm³/mol. The van der Waals surface area contributed by atoms with Crippen molar-refractivity contribution in [3.05, 3.63) is 47.0 Å². The Morgan fingerprint density at radius 3 is 2.50 bits per heavy atom. The second-order valence-electron chi connectivity index (χ2n) is 4.24. The molecule has 0 unspecified atom stereocenters. The number of anilines is 1. The predicted octanol–water partition coefficient (Wildman–Crippen LogP) is 2.96. The Kier molecular flexibility index (Phi) is 3.45. The van der Waals surface area contributed by atoms with Crippen LogP contribution in [0.2, 0.25) is 5.02 Å². The zero-order valence-electron chi connectivity index (χ0n) is 10.5. The van der Waals surface area contributed by atoms with Crippen LogP contribution in [0.3, 0.4) is 0 Å². The van der Waals surface area contributed by atoms with Crippen LogP contribution >= 0.6 is 11.6 Å². The fraction of sp³-hybridized carbons (Fsp3) is 0. The maximum atomic E-state index is 13.1. The highest BCUT2D eigenvalue weighted by Crippen LogP contribution is 2.28. The largest absolute Gasteiger partial charge is 0.279 e. The molecule has 0 spiro atoms. The molecule has 1 N–H and O–H groups in total. The number of halogens is 3. The molecule has 0 amide bonds. The van der Waals surface area contributed by atoms with Gasteiger partial charge in [-0.2, -0.15) is 0 Å². The minimum Gasteiger partial charge on any atom is -0.279 e. The molecule has 6 nitrogen and oxygen atoms in total. The summed E-state index contributed by atoms with van der Waals surface area (Å²) < 4.78 is 57.3. The molecule has 0 saturated heterocycles. The summed E-state index contributed by atoms with van der Waals surface area (Å²) in [5.74, 6) is -2.26. The molecule has 22 heavy (non-hydrogen) atoms. The van der Waals surface area contributed by atoms with E-state index in [2.05, 4.69) is 19.7 Å². The molecular formula is C12H6ClF2N3O3S. The minimum atomic E-state index is -4.12. The van der Waals surface area contributed by atoms with Crippen LogP contribution in [0.1, 0.15) is 0 Å². The van der Waals surface area contributed by atoms with E-state index in [1.807, 2.05) is 0 Å². The molecular weight excluding hydrogens is 340 g/mol. The molecule has 0 aliphatic carbocycles. The van der Waals surface area contributed by atoms with Gasteiger partial charge >= 0.3 is 0 Å². The SMILES string of the molecule is O=S(=O)(Nc1ccc(F)c(F)c1)c1ccc(Cl)c2nonc12. The molecule has 10 heteroatoms. The first-order chi connectivity index (χ1) is 10.4. The quantitative estimate of drug-likeness (QED) is 0.788. The first kappa shape index (κ1) is 14.7. The molecule has 2 aromatic carbocycles. The minimum absolute atomic E-state index is 0.0671. The highest BCUT2D eigenvalue weighted by Gasteiger charge is 2.22. The van der Waals surface area contributed by atoms with Gasteiger partial charge in [-0.05, 0) is 34.6 Å². The summed E-state index contributed by atoms with van der Waals surface area (Å²) in [6, 6.07) is 5.14. The number of sulfonamides is 1. The smallest absolute Gasteiger partial charge is 0.264 e. The summed E-state index contributed by atoms with van der Waals surface area (Å²) in [5, 5.41) is 7.17. The van der Waals surface area contributed by atoms with E-state index in [1.54, 1.807) is 0 Å². The topological polar surface area (TPSA) is 85.1 Å². The van der Waals surface area contributed by atoms with Gasteiger partial charge in [0, 0.05) is 6.07 Å². The van der Waals surface area contributed by atoms with E-state index < -0.39 is 21.7 Å². The van der Waals surface area contributed by atoms with E-state index in [0.717, 1.165) is 18.2 Å². The van der Waals surface area contributed by atoms with E-state index in [-0.39, 0.29) is 26.6 Å². The maximum Gasteiger partial charge on any atom is 0.264 e. The van der Waals surface area contributed by atoms with Crippen LogP contribution in [0.15, 0.2) is 39.9 Å². The van der Waals surface area contributed by atoms with Gasteiger partial charge in [-0.3, -0.25) is 4.72 Å². The lowest BCUT2D eigenvalue weighted by atomic mass is 10.3. The van der Waals surface area contributed by atoms with Gasteiger partial charge in [0.15, 0.2) is 22.7 Å².